The number of benzene rings is 1. The first-order valence-corrected chi connectivity index (χ1v) is 13.2. The molecule has 2 heterocycles. The highest BCUT2D eigenvalue weighted by atomic mass is 16.7. The molecule has 3 rings (SSSR count). The minimum atomic E-state index is -1.06. The summed E-state index contributed by atoms with van der Waals surface area (Å²) in [5, 5.41) is 8.40. The summed E-state index contributed by atoms with van der Waals surface area (Å²) in [6.45, 7) is 7.57. The SMILES string of the molecule is CC(C)C[C@H](NC(=O)[C@H](CCc1ccccc1)NC(=O)c1cnccn1)B1OC(=O)[C@@H](CC(=O)NC(C)C)O1. The summed E-state index contributed by atoms with van der Waals surface area (Å²) in [6.07, 6.45) is 4.24. The van der Waals surface area contributed by atoms with Gasteiger partial charge in [0.15, 0.2) is 0 Å². The zero-order chi connectivity index (χ0) is 28.4. The number of aryl methyl sites for hydroxylation is 1. The maximum absolute atomic E-state index is 13.5. The molecule has 0 spiro atoms. The Morgan fingerprint density at radius 2 is 1.77 bits per heavy atom. The van der Waals surface area contributed by atoms with Crippen LogP contribution in [0.2, 0.25) is 0 Å². The number of carbonyl (C=O) groups is 4. The van der Waals surface area contributed by atoms with Crippen LogP contribution in [-0.4, -0.2) is 64.9 Å². The zero-order valence-electron chi connectivity index (χ0n) is 22.8. The van der Waals surface area contributed by atoms with Crippen molar-refractivity contribution in [2.45, 2.75) is 77.5 Å². The fraction of sp³-hybridized carbons (Fsp3) is 0.481. The van der Waals surface area contributed by atoms with Crippen LogP contribution >= 0.6 is 0 Å². The van der Waals surface area contributed by atoms with Gasteiger partial charge in [0, 0.05) is 18.4 Å². The van der Waals surface area contributed by atoms with Crippen LogP contribution in [0, 0.1) is 5.92 Å². The van der Waals surface area contributed by atoms with E-state index in [1.807, 2.05) is 58.0 Å². The summed E-state index contributed by atoms with van der Waals surface area (Å²) in [6, 6.07) is 8.63. The Morgan fingerprint density at radius 3 is 2.41 bits per heavy atom. The Hall–Kier alpha value is -3.80. The van der Waals surface area contributed by atoms with Crippen LogP contribution in [0.3, 0.4) is 0 Å². The van der Waals surface area contributed by atoms with Crippen LogP contribution in [0.5, 0.6) is 0 Å². The van der Waals surface area contributed by atoms with E-state index in [2.05, 4.69) is 25.9 Å². The van der Waals surface area contributed by atoms with Crippen molar-refractivity contribution < 1.29 is 28.5 Å². The average Bonchev–Trinajstić information content (AvgIpc) is 3.26. The van der Waals surface area contributed by atoms with Crippen LogP contribution < -0.4 is 16.0 Å². The van der Waals surface area contributed by atoms with Gasteiger partial charge in [-0.2, -0.15) is 0 Å². The largest absolute Gasteiger partial charge is 0.552 e. The fourth-order valence-corrected chi connectivity index (χ4v) is 4.20. The maximum Gasteiger partial charge on any atom is 0.552 e. The third-order valence-electron chi connectivity index (χ3n) is 5.98. The van der Waals surface area contributed by atoms with E-state index in [0.29, 0.717) is 19.3 Å². The lowest BCUT2D eigenvalue weighted by atomic mass is 9.74. The molecule has 208 valence electrons. The van der Waals surface area contributed by atoms with Crippen LogP contribution in [-0.2, 0) is 30.1 Å². The second-order valence-corrected chi connectivity index (χ2v) is 10.2. The molecule has 3 N–H and O–H groups in total. The van der Waals surface area contributed by atoms with Gasteiger partial charge in [-0.1, -0.05) is 44.2 Å². The van der Waals surface area contributed by atoms with Crippen molar-refractivity contribution in [2.24, 2.45) is 5.92 Å². The number of nitrogens with one attached hydrogen (secondary N) is 3. The smallest absolute Gasteiger partial charge is 0.506 e. The first kappa shape index (κ1) is 29.8. The number of amides is 3. The van der Waals surface area contributed by atoms with Gasteiger partial charge in [0.05, 0.1) is 18.6 Å². The topological polar surface area (TPSA) is 149 Å². The lowest BCUT2D eigenvalue weighted by molar-refractivity contribution is -0.139. The van der Waals surface area contributed by atoms with Crippen LogP contribution in [0.25, 0.3) is 0 Å². The summed E-state index contributed by atoms with van der Waals surface area (Å²) < 4.78 is 11.2. The number of carbonyl (C=O) groups excluding carboxylic acids is 4. The number of hydrogen-bond acceptors (Lipinski definition) is 8. The van der Waals surface area contributed by atoms with E-state index in [4.69, 9.17) is 9.31 Å². The van der Waals surface area contributed by atoms with Gasteiger partial charge in [0.25, 0.3) is 5.91 Å². The van der Waals surface area contributed by atoms with E-state index in [-0.39, 0.29) is 30.0 Å². The van der Waals surface area contributed by atoms with Gasteiger partial charge >= 0.3 is 13.1 Å². The number of rotatable bonds is 13. The summed E-state index contributed by atoms with van der Waals surface area (Å²) in [7, 11) is -1.06. The summed E-state index contributed by atoms with van der Waals surface area (Å²) in [5.74, 6) is -2.53. The van der Waals surface area contributed by atoms with Gasteiger partial charge in [-0.15, -0.1) is 0 Å². The molecular formula is C27H36BN5O6. The first-order valence-electron chi connectivity index (χ1n) is 13.2. The van der Waals surface area contributed by atoms with Gasteiger partial charge in [-0.25, -0.2) is 4.98 Å². The molecule has 1 aromatic heterocycles. The van der Waals surface area contributed by atoms with Gasteiger partial charge in [-0.3, -0.25) is 24.2 Å². The molecule has 1 aliphatic heterocycles. The molecule has 0 bridgehead atoms. The van der Waals surface area contributed by atoms with Crippen molar-refractivity contribution in [1.29, 1.82) is 0 Å². The Bertz CT molecular complexity index is 1120. The zero-order valence-corrected chi connectivity index (χ0v) is 22.8. The highest BCUT2D eigenvalue weighted by molar-refractivity contribution is 6.51. The van der Waals surface area contributed by atoms with Gasteiger partial charge in [0.2, 0.25) is 11.8 Å². The third-order valence-corrected chi connectivity index (χ3v) is 5.98. The summed E-state index contributed by atoms with van der Waals surface area (Å²) in [5.41, 5.74) is 1.10. The second-order valence-electron chi connectivity index (χ2n) is 10.2. The van der Waals surface area contributed by atoms with Crippen molar-refractivity contribution in [1.82, 2.24) is 25.9 Å². The molecule has 0 saturated carbocycles. The lowest BCUT2D eigenvalue weighted by Gasteiger charge is -2.25. The van der Waals surface area contributed by atoms with E-state index >= 15 is 0 Å². The fourth-order valence-electron chi connectivity index (χ4n) is 4.20. The van der Waals surface area contributed by atoms with Gasteiger partial charge < -0.3 is 25.3 Å². The molecule has 12 heteroatoms. The van der Waals surface area contributed by atoms with E-state index in [0.717, 1.165) is 5.56 Å². The highest BCUT2D eigenvalue weighted by Crippen LogP contribution is 2.20. The number of aromatic nitrogens is 2. The quantitative estimate of drug-likeness (QED) is 0.327. The van der Waals surface area contributed by atoms with Crippen molar-refractivity contribution in [3.63, 3.8) is 0 Å². The monoisotopic (exact) mass is 537 g/mol. The molecule has 1 saturated heterocycles. The van der Waals surface area contributed by atoms with E-state index < -0.39 is 43.0 Å². The lowest BCUT2D eigenvalue weighted by Crippen LogP contribution is -2.55. The van der Waals surface area contributed by atoms with Crippen molar-refractivity contribution in [2.75, 3.05) is 0 Å². The first-order chi connectivity index (χ1) is 18.6. The van der Waals surface area contributed by atoms with Gasteiger partial charge in [-0.05, 0) is 44.6 Å². The molecule has 39 heavy (non-hydrogen) atoms. The molecule has 3 amide bonds. The number of nitrogens with zero attached hydrogens (tertiary/aromatic N) is 2. The molecule has 0 radical (unpaired) electrons. The second kappa shape index (κ2) is 14.4. The van der Waals surface area contributed by atoms with E-state index in [1.54, 1.807) is 0 Å². The molecule has 1 fully saturated rings. The van der Waals surface area contributed by atoms with E-state index in [9.17, 15) is 19.2 Å². The maximum atomic E-state index is 13.5. The number of hydrogen-bond donors (Lipinski definition) is 3. The van der Waals surface area contributed by atoms with Gasteiger partial charge in [0.1, 0.15) is 17.8 Å². The van der Waals surface area contributed by atoms with Crippen LogP contribution in [0.15, 0.2) is 48.9 Å². The molecule has 2 aromatic rings. The van der Waals surface area contributed by atoms with Crippen LogP contribution in [0.1, 0.15) is 63.0 Å². The van der Waals surface area contributed by atoms with Crippen molar-refractivity contribution in [3.05, 3.63) is 60.2 Å². The minimum absolute atomic E-state index is 0.0800. The minimum Gasteiger partial charge on any atom is -0.506 e. The van der Waals surface area contributed by atoms with Crippen molar-refractivity contribution in [3.8, 4) is 0 Å². The summed E-state index contributed by atoms with van der Waals surface area (Å²) in [4.78, 5) is 58.9. The standard InChI is InChI=1S/C27H36BN5O6/c1-17(2)14-23(28-38-22(27(37)39-28)15-24(34)31-18(3)4)33-25(35)20(11-10-19-8-6-5-7-9-19)32-26(36)21-16-29-12-13-30-21/h5-9,12-13,16-18,20,22-23H,10-11,14-15H2,1-4H3,(H,31,34)(H,32,36)(H,33,35)/t20-,22+,23-/m0/s1. The normalized spacial score (nSPS) is 16.5. The van der Waals surface area contributed by atoms with E-state index in [1.165, 1.54) is 18.6 Å². The predicted molar refractivity (Wildman–Crippen MR) is 144 cm³/mol. The van der Waals surface area contributed by atoms with Crippen LogP contribution in [0.4, 0.5) is 0 Å². The highest BCUT2D eigenvalue weighted by Gasteiger charge is 2.47. The molecule has 3 atom stereocenters. The Morgan fingerprint density at radius 1 is 1.03 bits per heavy atom. The molecule has 0 aliphatic carbocycles. The Labute approximate surface area is 229 Å². The molecule has 0 unspecified atom stereocenters. The predicted octanol–water partition coefficient (Wildman–Crippen LogP) is 1.62. The molecule has 11 nitrogen and oxygen atoms in total. The molecule has 1 aliphatic rings. The average molecular weight is 537 g/mol. The molecular weight excluding hydrogens is 501 g/mol. The third kappa shape index (κ3) is 9.47. The summed E-state index contributed by atoms with van der Waals surface area (Å²) >= 11 is 0. The molecule has 1 aromatic carbocycles. The van der Waals surface area contributed by atoms with Crippen molar-refractivity contribution >= 4 is 30.8 Å². The Kier molecular flexibility index (Phi) is 11.0. The Balaban J connectivity index is 1.72.